The summed E-state index contributed by atoms with van der Waals surface area (Å²) in [6.45, 7) is 12.3. The summed E-state index contributed by atoms with van der Waals surface area (Å²) in [5.41, 5.74) is 3.89. The Kier molecular flexibility index (Phi) is 10.8. The number of ether oxygens (including phenoxy) is 5. The summed E-state index contributed by atoms with van der Waals surface area (Å²) in [7, 11) is 0. The largest absolute Gasteiger partial charge is 0.490 e. The van der Waals surface area contributed by atoms with Crippen LogP contribution in [0.5, 0.6) is 17.2 Å². The first kappa shape index (κ1) is 29.4. The van der Waals surface area contributed by atoms with Gasteiger partial charge in [-0.05, 0) is 59.5 Å². The van der Waals surface area contributed by atoms with Crippen LogP contribution in [-0.2, 0) is 23.9 Å². The Hall–Kier alpha value is -5.11. The van der Waals surface area contributed by atoms with Crippen LogP contribution in [0.3, 0.4) is 0 Å². The Labute approximate surface area is 233 Å². The van der Waals surface area contributed by atoms with Crippen molar-refractivity contribution in [3.63, 3.8) is 0 Å². The van der Waals surface area contributed by atoms with Crippen molar-refractivity contribution in [2.24, 2.45) is 0 Å². The SMILES string of the molecule is C=CC(=O)OCCOc1cc(OCCOC(=O)C=C)cc(-c2cccc(-c3ccc(OC(=O)C(=C)C)cc3)c2)c1. The molecule has 0 bridgehead atoms. The summed E-state index contributed by atoms with van der Waals surface area (Å²) in [6.07, 6.45) is 2.17. The lowest BCUT2D eigenvalue weighted by Gasteiger charge is -2.14. The molecule has 0 saturated carbocycles. The summed E-state index contributed by atoms with van der Waals surface area (Å²) < 4.78 is 26.8. The molecule has 206 valence electrons. The molecule has 0 N–H and O–H groups in total. The maximum absolute atomic E-state index is 11.8. The van der Waals surface area contributed by atoms with Gasteiger partial charge in [-0.15, -0.1) is 0 Å². The molecule has 0 amide bonds. The Morgan fingerprint density at radius 2 is 1.18 bits per heavy atom. The lowest BCUT2D eigenvalue weighted by atomic mass is 9.98. The zero-order valence-electron chi connectivity index (χ0n) is 22.2. The van der Waals surface area contributed by atoms with Crippen molar-refractivity contribution in [2.45, 2.75) is 6.92 Å². The lowest BCUT2D eigenvalue weighted by molar-refractivity contribution is -0.139. The fourth-order valence-corrected chi connectivity index (χ4v) is 3.41. The summed E-state index contributed by atoms with van der Waals surface area (Å²) in [6, 6.07) is 20.4. The molecular formula is C32H30O8. The summed E-state index contributed by atoms with van der Waals surface area (Å²) >= 11 is 0. The van der Waals surface area contributed by atoms with Crippen LogP contribution >= 0.6 is 0 Å². The molecule has 3 rings (SSSR count). The second-order valence-corrected chi connectivity index (χ2v) is 8.41. The van der Waals surface area contributed by atoms with Crippen molar-refractivity contribution >= 4 is 17.9 Å². The van der Waals surface area contributed by atoms with Crippen LogP contribution in [-0.4, -0.2) is 44.3 Å². The van der Waals surface area contributed by atoms with Gasteiger partial charge in [0, 0.05) is 23.8 Å². The second kappa shape index (κ2) is 14.7. The van der Waals surface area contributed by atoms with E-state index in [1.807, 2.05) is 48.5 Å². The molecule has 0 aliphatic carbocycles. The quantitative estimate of drug-likeness (QED) is 0.110. The first-order valence-electron chi connectivity index (χ1n) is 12.4. The highest BCUT2D eigenvalue weighted by atomic mass is 16.6. The Bertz CT molecular complexity index is 1340. The van der Waals surface area contributed by atoms with Gasteiger partial charge in [0.15, 0.2) is 0 Å². The predicted molar refractivity (Wildman–Crippen MR) is 151 cm³/mol. The van der Waals surface area contributed by atoms with Crippen LogP contribution in [0.2, 0.25) is 0 Å². The van der Waals surface area contributed by atoms with Crippen LogP contribution < -0.4 is 14.2 Å². The van der Waals surface area contributed by atoms with Crippen molar-refractivity contribution in [3.05, 3.63) is 104 Å². The average molecular weight is 543 g/mol. The second-order valence-electron chi connectivity index (χ2n) is 8.41. The number of hydrogen-bond acceptors (Lipinski definition) is 8. The van der Waals surface area contributed by atoms with Crippen molar-refractivity contribution in [1.29, 1.82) is 0 Å². The van der Waals surface area contributed by atoms with E-state index in [1.54, 1.807) is 25.1 Å². The number of benzene rings is 3. The number of carbonyl (C=O) groups is 3. The van der Waals surface area contributed by atoms with E-state index in [2.05, 4.69) is 19.7 Å². The first-order chi connectivity index (χ1) is 19.3. The van der Waals surface area contributed by atoms with Gasteiger partial charge in [-0.3, -0.25) is 0 Å². The topological polar surface area (TPSA) is 97.4 Å². The van der Waals surface area contributed by atoms with Crippen LogP contribution in [0.4, 0.5) is 0 Å². The monoisotopic (exact) mass is 542 g/mol. The third-order valence-electron chi connectivity index (χ3n) is 5.35. The highest BCUT2D eigenvalue weighted by Crippen LogP contribution is 2.33. The highest BCUT2D eigenvalue weighted by Gasteiger charge is 2.10. The van der Waals surface area contributed by atoms with Gasteiger partial charge < -0.3 is 23.7 Å². The molecule has 8 nitrogen and oxygen atoms in total. The van der Waals surface area contributed by atoms with E-state index in [0.29, 0.717) is 22.8 Å². The molecule has 0 saturated heterocycles. The predicted octanol–water partition coefficient (Wildman–Crippen LogP) is 5.72. The normalized spacial score (nSPS) is 10.1. The number of carbonyl (C=O) groups excluding carboxylic acids is 3. The molecule has 0 aromatic heterocycles. The Balaban J connectivity index is 1.81. The molecule has 0 atom stereocenters. The maximum atomic E-state index is 11.8. The fourth-order valence-electron chi connectivity index (χ4n) is 3.41. The molecule has 0 unspecified atom stereocenters. The first-order valence-corrected chi connectivity index (χ1v) is 12.4. The van der Waals surface area contributed by atoms with E-state index in [9.17, 15) is 14.4 Å². The van der Waals surface area contributed by atoms with Gasteiger partial charge in [0.1, 0.15) is 43.7 Å². The van der Waals surface area contributed by atoms with Crippen LogP contribution in [0.15, 0.2) is 104 Å². The fraction of sp³-hybridized carbons (Fsp3) is 0.156. The van der Waals surface area contributed by atoms with E-state index < -0.39 is 17.9 Å². The highest BCUT2D eigenvalue weighted by molar-refractivity contribution is 5.89. The van der Waals surface area contributed by atoms with Gasteiger partial charge in [0.2, 0.25) is 0 Å². The van der Waals surface area contributed by atoms with Gasteiger partial charge in [-0.1, -0.05) is 50.1 Å². The maximum Gasteiger partial charge on any atom is 0.338 e. The van der Waals surface area contributed by atoms with Crippen molar-refractivity contribution in [3.8, 4) is 39.5 Å². The van der Waals surface area contributed by atoms with E-state index in [4.69, 9.17) is 23.7 Å². The van der Waals surface area contributed by atoms with Crippen molar-refractivity contribution in [1.82, 2.24) is 0 Å². The summed E-state index contributed by atoms with van der Waals surface area (Å²) in [5.74, 6) is -0.119. The standard InChI is InChI=1S/C32H30O8/c1-5-30(33)38-16-14-36-28-19-26(20-29(21-28)37-15-17-39-31(34)6-2)25-9-7-8-24(18-25)23-10-12-27(13-11-23)40-32(35)22(3)4/h5-13,18-21H,1-3,14-17H2,4H3. The van der Waals surface area contributed by atoms with E-state index in [1.165, 1.54) is 0 Å². The number of esters is 3. The molecule has 3 aromatic carbocycles. The third-order valence-corrected chi connectivity index (χ3v) is 5.35. The molecule has 0 fully saturated rings. The van der Waals surface area contributed by atoms with E-state index in [-0.39, 0.29) is 26.4 Å². The van der Waals surface area contributed by atoms with Crippen LogP contribution in [0.1, 0.15) is 6.92 Å². The third kappa shape index (κ3) is 9.02. The van der Waals surface area contributed by atoms with Crippen LogP contribution in [0.25, 0.3) is 22.3 Å². The molecule has 0 radical (unpaired) electrons. The smallest absolute Gasteiger partial charge is 0.338 e. The molecule has 8 heteroatoms. The molecule has 0 spiro atoms. The molecule has 0 aliphatic heterocycles. The average Bonchev–Trinajstić information content (AvgIpc) is 2.97. The lowest BCUT2D eigenvalue weighted by Crippen LogP contribution is -2.11. The van der Waals surface area contributed by atoms with E-state index in [0.717, 1.165) is 34.4 Å². The van der Waals surface area contributed by atoms with Gasteiger partial charge in [0.05, 0.1) is 0 Å². The minimum Gasteiger partial charge on any atom is -0.490 e. The Morgan fingerprint density at radius 3 is 1.68 bits per heavy atom. The number of hydrogen-bond donors (Lipinski definition) is 0. The summed E-state index contributed by atoms with van der Waals surface area (Å²) in [4.78, 5) is 34.4. The zero-order chi connectivity index (χ0) is 28.9. The molecule has 40 heavy (non-hydrogen) atoms. The van der Waals surface area contributed by atoms with Crippen LogP contribution in [0, 0.1) is 0 Å². The molecule has 0 aliphatic rings. The van der Waals surface area contributed by atoms with Crippen molar-refractivity contribution in [2.75, 3.05) is 26.4 Å². The summed E-state index contributed by atoms with van der Waals surface area (Å²) in [5, 5.41) is 0. The van der Waals surface area contributed by atoms with E-state index >= 15 is 0 Å². The minimum absolute atomic E-state index is 0.0515. The van der Waals surface area contributed by atoms with Crippen molar-refractivity contribution < 1.29 is 38.1 Å². The number of rotatable bonds is 14. The molecule has 3 aromatic rings. The zero-order valence-corrected chi connectivity index (χ0v) is 22.2. The Morgan fingerprint density at radius 1 is 0.650 bits per heavy atom. The van der Waals surface area contributed by atoms with Gasteiger partial charge in [-0.2, -0.15) is 0 Å². The minimum atomic E-state index is -0.533. The molecular weight excluding hydrogens is 512 g/mol. The van der Waals surface area contributed by atoms with Gasteiger partial charge >= 0.3 is 17.9 Å². The van der Waals surface area contributed by atoms with Gasteiger partial charge in [0.25, 0.3) is 0 Å². The molecule has 0 heterocycles. The van der Waals surface area contributed by atoms with Gasteiger partial charge in [-0.25, -0.2) is 14.4 Å².